The van der Waals surface area contributed by atoms with Gasteiger partial charge in [-0.05, 0) is 30.5 Å². The van der Waals surface area contributed by atoms with Crippen LogP contribution in [-0.2, 0) is 6.54 Å². The lowest BCUT2D eigenvalue weighted by molar-refractivity contribution is -0.402. The molecule has 0 aliphatic heterocycles. The minimum atomic E-state index is -0.693. The van der Waals surface area contributed by atoms with E-state index in [1.54, 1.807) is 18.9 Å². The number of aromatic nitrogens is 1. The molecule has 0 radical (unpaired) electrons. The molecule has 0 unspecified atom stereocenters. The van der Waals surface area contributed by atoms with Crippen LogP contribution in [0.1, 0.15) is 10.6 Å². The summed E-state index contributed by atoms with van der Waals surface area (Å²) in [6, 6.07) is 8.06. The highest BCUT2D eigenvalue weighted by atomic mass is 32.2. The van der Waals surface area contributed by atoms with E-state index in [-0.39, 0.29) is 5.76 Å². The van der Waals surface area contributed by atoms with Gasteiger partial charge in [-0.3, -0.25) is 14.9 Å². The number of rotatable bonds is 6. The molecule has 0 fully saturated rings. The largest absolute Gasteiger partial charge is 0.497 e. The van der Waals surface area contributed by atoms with Crippen molar-refractivity contribution in [2.75, 3.05) is 19.1 Å². The van der Waals surface area contributed by atoms with Gasteiger partial charge in [-0.2, -0.15) is 16.8 Å². The number of aryl methyl sites for hydroxylation is 1. The summed E-state index contributed by atoms with van der Waals surface area (Å²) in [6.45, 7) is 0.678. The zero-order chi connectivity index (χ0) is 18.7. The Hall–Kier alpha value is -2.59. The van der Waals surface area contributed by atoms with Gasteiger partial charge >= 0.3 is 11.8 Å². The average Bonchev–Trinajstić information content (AvgIpc) is 3.24. The molecule has 3 rings (SSSR count). The molecule has 0 N–H and O–H groups in total. The van der Waals surface area contributed by atoms with Crippen LogP contribution in [0.4, 0.5) is 5.88 Å². The number of nitro groups is 1. The number of ether oxygens (including phenoxy) is 1. The van der Waals surface area contributed by atoms with E-state index in [1.807, 2.05) is 29.0 Å². The number of amides is 1. The smallest absolute Gasteiger partial charge is 0.433 e. The van der Waals surface area contributed by atoms with Gasteiger partial charge < -0.3 is 13.7 Å². The zero-order valence-corrected chi connectivity index (χ0v) is 15.6. The van der Waals surface area contributed by atoms with Crippen molar-refractivity contribution in [3.8, 4) is 5.75 Å². The van der Waals surface area contributed by atoms with Crippen molar-refractivity contribution in [2.24, 2.45) is 4.99 Å². The quantitative estimate of drug-likeness (QED) is 0.470. The summed E-state index contributed by atoms with van der Waals surface area (Å²) in [6.07, 6.45) is 2.00. The van der Waals surface area contributed by atoms with E-state index in [4.69, 9.17) is 9.15 Å². The highest BCUT2D eigenvalue weighted by molar-refractivity contribution is 7.98. The summed E-state index contributed by atoms with van der Waals surface area (Å²) in [4.78, 5) is 27.0. The molecule has 26 heavy (non-hydrogen) atoms. The molecule has 0 saturated heterocycles. The Morgan fingerprint density at radius 2 is 2.23 bits per heavy atom. The van der Waals surface area contributed by atoms with E-state index >= 15 is 0 Å². The van der Waals surface area contributed by atoms with Gasteiger partial charge in [-0.1, -0.05) is 11.3 Å². The molecule has 2 aromatic heterocycles. The fourth-order valence-corrected chi connectivity index (χ4v) is 3.80. The van der Waals surface area contributed by atoms with Gasteiger partial charge in [0.05, 0.1) is 23.4 Å². The fourth-order valence-electron chi connectivity index (χ4n) is 2.35. The number of thiazole rings is 1. The first-order valence-electron chi connectivity index (χ1n) is 7.53. The third-order valence-corrected chi connectivity index (χ3v) is 5.22. The fraction of sp³-hybridized carbons (Fsp3) is 0.250. The summed E-state index contributed by atoms with van der Waals surface area (Å²) < 4.78 is 13.1. The second-order valence-electron chi connectivity index (χ2n) is 5.17. The Morgan fingerprint density at radius 3 is 2.88 bits per heavy atom. The lowest BCUT2D eigenvalue weighted by Crippen LogP contribution is -2.18. The topological polar surface area (TPSA) is 99.9 Å². The molecule has 1 amide bonds. The van der Waals surface area contributed by atoms with Gasteiger partial charge in [-0.25, -0.2) is 0 Å². The Balaban J connectivity index is 2.07. The Morgan fingerprint density at radius 1 is 1.42 bits per heavy atom. The molecule has 0 atom stereocenters. The first-order chi connectivity index (χ1) is 12.5. The van der Waals surface area contributed by atoms with Crippen LogP contribution >= 0.6 is 23.1 Å². The molecule has 1 aromatic carbocycles. The van der Waals surface area contributed by atoms with Crippen molar-refractivity contribution in [1.82, 2.24) is 4.57 Å². The molecule has 136 valence electrons. The summed E-state index contributed by atoms with van der Waals surface area (Å²) in [5, 5.41) is 10.7. The lowest BCUT2D eigenvalue weighted by Gasteiger charge is -2.04. The normalized spacial score (nSPS) is 11.8. The van der Waals surface area contributed by atoms with Crippen LogP contribution in [0.25, 0.3) is 10.2 Å². The third kappa shape index (κ3) is 3.65. The standard InChI is InChI=1S/C16H15N3O5S2/c1-23-10-3-4-11-13(9-10)26-16(18(11)7-8-25-2)17-15(20)12-5-6-14(24-12)19(21)22/h3-6,9H,7-8H2,1-2H3. The molecule has 0 aliphatic rings. The molecule has 0 spiro atoms. The van der Waals surface area contributed by atoms with Crippen LogP contribution in [0.5, 0.6) is 5.75 Å². The number of furan rings is 1. The van der Waals surface area contributed by atoms with E-state index in [0.717, 1.165) is 27.8 Å². The van der Waals surface area contributed by atoms with Gasteiger partial charge in [0.1, 0.15) is 10.7 Å². The SMILES string of the molecule is COc1ccc2c(c1)sc(=NC(=O)c1ccc([N+](=O)[O-])o1)n2CCSC. The summed E-state index contributed by atoms with van der Waals surface area (Å²) in [7, 11) is 1.59. The van der Waals surface area contributed by atoms with E-state index < -0.39 is 16.7 Å². The molecular weight excluding hydrogens is 378 g/mol. The van der Waals surface area contributed by atoms with E-state index in [2.05, 4.69) is 4.99 Å². The summed E-state index contributed by atoms with van der Waals surface area (Å²) in [5.74, 6) is 0.263. The maximum absolute atomic E-state index is 12.4. The molecule has 2 heterocycles. The van der Waals surface area contributed by atoms with Crippen molar-refractivity contribution in [3.63, 3.8) is 0 Å². The van der Waals surface area contributed by atoms with Crippen molar-refractivity contribution < 1.29 is 18.9 Å². The monoisotopic (exact) mass is 393 g/mol. The Kier molecular flexibility index (Phi) is 5.43. The van der Waals surface area contributed by atoms with Crippen LogP contribution < -0.4 is 9.54 Å². The number of methoxy groups -OCH3 is 1. The highest BCUT2D eigenvalue weighted by Crippen LogP contribution is 2.23. The maximum Gasteiger partial charge on any atom is 0.433 e. The number of nitrogens with zero attached hydrogens (tertiary/aromatic N) is 3. The van der Waals surface area contributed by atoms with Crippen LogP contribution in [0.2, 0.25) is 0 Å². The minimum Gasteiger partial charge on any atom is -0.497 e. The van der Waals surface area contributed by atoms with Gasteiger partial charge in [0.15, 0.2) is 4.80 Å². The first-order valence-corrected chi connectivity index (χ1v) is 9.74. The van der Waals surface area contributed by atoms with Crippen molar-refractivity contribution in [2.45, 2.75) is 6.54 Å². The van der Waals surface area contributed by atoms with Crippen molar-refractivity contribution in [3.05, 3.63) is 51.0 Å². The third-order valence-electron chi connectivity index (χ3n) is 3.59. The van der Waals surface area contributed by atoms with Crippen LogP contribution in [0.3, 0.4) is 0 Å². The van der Waals surface area contributed by atoms with E-state index in [9.17, 15) is 14.9 Å². The number of carbonyl (C=O) groups excluding carboxylic acids is 1. The Bertz CT molecular complexity index is 1030. The zero-order valence-electron chi connectivity index (χ0n) is 14.0. The van der Waals surface area contributed by atoms with Crippen LogP contribution in [0, 0.1) is 10.1 Å². The number of hydrogen-bond acceptors (Lipinski definition) is 7. The summed E-state index contributed by atoms with van der Waals surface area (Å²) in [5.41, 5.74) is 0.946. The number of fused-ring (bicyclic) bond motifs is 1. The molecule has 0 aliphatic carbocycles. The highest BCUT2D eigenvalue weighted by Gasteiger charge is 2.17. The number of carbonyl (C=O) groups is 1. The molecule has 10 heteroatoms. The van der Waals surface area contributed by atoms with E-state index in [0.29, 0.717) is 11.3 Å². The molecule has 0 saturated carbocycles. The Labute approximate surface area is 156 Å². The summed E-state index contributed by atoms with van der Waals surface area (Å²) >= 11 is 3.04. The predicted octanol–water partition coefficient (Wildman–Crippen LogP) is 3.32. The second-order valence-corrected chi connectivity index (χ2v) is 7.17. The number of benzene rings is 1. The van der Waals surface area contributed by atoms with Crippen LogP contribution in [0.15, 0.2) is 39.7 Å². The number of thioether (sulfide) groups is 1. The van der Waals surface area contributed by atoms with Crippen LogP contribution in [-0.4, -0.2) is 34.5 Å². The maximum atomic E-state index is 12.4. The van der Waals surface area contributed by atoms with Gasteiger partial charge in [0.2, 0.25) is 5.76 Å². The van der Waals surface area contributed by atoms with E-state index in [1.165, 1.54) is 17.4 Å². The van der Waals surface area contributed by atoms with Gasteiger partial charge in [-0.15, -0.1) is 0 Å². The van der Waals surface area contributed by atoms with Gasteiger partial charge in [0.25, 0.3) is 0 Å². The molecule has 0 bridgehead atoms. The second kappa shape index (κ2) is 7.75. The average molecular weight is 393 g/mol. The van der Waals surface area contributed by atoms with Gasteiger partial charge in [0, 0.05) is 12.3 Å². The minimum absolute atomic E-state index is 0.164. The number of hydrogen-bond donors (Lipinski definition) is 0. The lowest BCUT2D eigenvalue weighted by atomic mass is 10.3. The predicted molar refractivity (Wildman–Crippen MR) is 100 cm³/mol. The van der Waals surface area contributed by atoms with Crippen molar-refractivity contribution in [1.29, 1.82) is 0 Å². The first kappa shape index (κ1) is 18.2. The van der Waals surface area contributed by atoms with Crippen molar-refractivity contribution >= 4 is 45.1 Å². The molecule has 3 aromatic rings. The molecular formula is C16H15N3O5S2. The molecule has 8 nitrogen and oxygen atoms in total.